The molecule has 0 saturated carbocycles. The van der Waals surface area contributed by atoms with Crippen LogP contribution in [0.4, 0.5) is 10.1 Å². The minimum absolute atomic E-state index is 0.0173. The van der Waals surface area contributed by atoms with Gasteiger partial charge in [0.1, 0.15) is 5.82 Å². The summed E-state index contributed by atoms with van der Waals surface area (Å²) in [4.78, 5) is 21.8. The molecule has 1 amide bonds. The van der Waals surface area contributed by atoms with Gasteiger partial charge < -0.3 is 10.4 Å². The van der Waals surface area contributed by atoms with E-state index in [9.17, 15) is 14.0 Å². The number of anilines is 1. The largest absolute Gasteiger partial charge is 0.481 e. The molecule has 0 unspecified atom stereocenters. The van der Waals surface area contributed by atoms with Crippen LogP contribution in [0, 0.1) is 12.7 Å². The van der Waals surface area contributed by atoms with Crippen molar-refractivity contribution < 1.29 is 19.1 Å². The number of halogens is 2. The molecule has 1 rings (SSSR count). The van der Waals surface area contributed by atoms with E-state index in [1.807, 2.05) is 0 Å². The predicted octanol–water partition coefficient (Wildman–Crippen LogP) is 2.65. The molecule has 1 aromatic rings. The number of amides is 1. The molecule has 0 heterocycles. The normalized spacial score (nSPS) is 10.2. The van der Waals surface area contributed by atoms with Crippen LogP contribution in [0.25, 0.3) is 0 Å². The topological polar surface area (TPSA) is 66.4 Å². The maximum absolute atomic E-state index is 13.3. The summed E-state index contributed by atoms with van der Waals surface area (Å²) in [6.45, 7) is 1.74. The number of aliphatic carboxylic acids is 1. The third-order valence-electron chi connectivity index (χ3n) is 2.00. The van der Waals surface area contributed by atoms with E-state index in [0.717, 1.165) is 17.3 Å². The fraction of sp³-hybridized carbons (Fsp3) is 0.273. The summed E-state index contributed by atoms with van der Waals surface area (Å²) >= 11 is 4.03. The number of benzene rings is 1. The number of thioether (sulfide) groups is 1. The van der Waals surface area contributed by atoms with Gasteiger partial charge in [0, 0.05) is 5.69 Å². The Kier molecular flexibility index (Phi) is 5.61. The number of carbonyl (C=O) groups is 2. The van der Waals surface area contributed by atoms with Gasteiger partial charge in [-0.05, 0) is 40.5 Å². The van der Waals surface area contributed by atoms with Crippen molar-refractivity contribution in [3.63, 3.8) is 0 Å². The Hall–Kier alpha value is -1.08. The summed E-state index contributed by atoms with van der Waals surface area (Å²) in [6.07, 6.45) is 0. The summed E-state index contributed by atoms with van der Waals surface area (Å²) in [6, 6.07) is 2.79. The minimum atomic E-state index is -0.973. The van der Waals surface area contributed by atoms with Gasteiger partial charge in [0.25, 0.3) is 0 Å². The van der Waals surface area contributed by atoms with Gasteiger partial charge in [-0.25, -0.2) is 4.39 Å². The van der Waals surface area contributed by atoms with E-state index in [4.69, 9.17) is 5.11 Å². The van der Waals surface area contributed by atoms with E-state index >= 15 is 0 Å². The van der Waals surface area contributed by atoms with Gasteiger partial charge in [-0.2, -0.15) is 0 Å². The Morgan fingerprint density at radius 2 is 2.11 bits per heavy atom. The Bertz CT molecular complexity index is 482. The number of hydrogen-bond donors (Lipinski definition) is 2. The van der Waals surface area contributed by atoms with Gasteiger partial charge >= 0.3 is 5.97 Å². The van der Waals surface area contributed by atoms with Crippen LogP contribution >= 0.6 is 27.7 Å². The molecule has 1 aromatic carbocycles. The average molecular weight is 336 g/mol. The second kappa shape index (κ2) is 6.75. The van der Waals surface area contributed by atoms with Crippen LogP contribution in [0.1, 0.15) is 5.56 Å². The van der Waals surface area contributed by atoms with Crippen molar-refractivity contribution in [2.75, 3.05) is 16.8 Å². The molecule has 0 saturated heterocycles. The summed E-state index contributed by atoms with van der Waals surface area (Å²) in [5.74, 6) is -1.91. The van der Waals surface area contributed by atoms with Crippen molar-refractivity contribution >= 4 is 45.3 Å². The van der Waals surface area contributed by atoms with Gasteiger partial charge in [-0.3, -0.25) is 9.59 Å². The minimum Gasteiger partial charge on any atom is -0.481 e. The first kappa shape index (κ1) is 15.0. The third kappa shape index (κ3) is 4.66. The quantitative estimate of drug-likeness (QED) is 0.868. The van der Waals surface area contributed by atoms with E-state index in [1.165, 1.54) is 6.07 Å². The zero-order valence-corrected chi connectivity index (χ0v) is 11.9. The molecule has 0 bridgehead atoms. The molecule has 0 aliphatic carbocycles. The van der Waals surface area contributed by atoms with Crippen LogP contribution < -0.4 is 5.32 Å². The lowest BCUT2D eigenvalue weighted by molar-refractivity contribution is -0.133. The van der Waals surface area contributed by atoms with Gasteiger partial charge in [0.2, 0.25) is 5.91 Å². The van der Waals surface area contributed by atoms with Crippen LogP contribution in [0.5, 0.6) is 0 Å². The molecule has 2 N–H and O–H groups in total. The Balaban J connectivity index is 2.59. The maximum atomic E-state index is 13.3. The van der Waals surface area contributed by atoms with Gasteiger partial charge in [0.15, 0.2) is 0 Å². The highest BCUT2D eigenvalue weighted by Crippen LogP contribution is 2.24. The highest BCUT2D eigenvalue weighted by Gasteiger charge is 2.09. The zero-order valence-electron chi connectivity index (χ0n) is 9.50. The Labute approximate surface area is 116 Å². The second-order valence-corrected chi connectivity index (χ2v) is 5.36. The molecule has 0 fully saturated rings. The molecule has 0 aliphatic rings. The number of aryl methyl sites for hydroxylation is 1. The molecule has 0 radical (unpaired) electrons. The molecule has 0 spiro atoms. The number of rotatable bonds is 5. The fourth-order valence-corrected chi connectivity index (χ4v) is 2.19. The number of hydrogen-bond acceptors (Lipinski definition) is 3. The lowest BCUT2D eigenvalue weighted by atomic mass is 10.2. The smallest absolute Gasteiger partial charge is 0.313 e. The van der Waals surface area contributed by atoms with Crippen LogP contribution in [0.2, 0.25) is 0 Å². The first-order chi connectivity index (χ1) is 8.40. The predicted molar refractivity (Wildman–Crippen MR) is 72.4 cm³/mol. The van der Waals surface area contributed by atoms with Crippen LogP contribution in [-0.4, -0.2) is 28.5 Å². The Morgan fingerprint density at radius 1 is 1.44 bits per heavy atom. The standard InChI is InChI=1S/C11H11BrFNO3S/c1-6-2-7(12)8(13)3-9(6)14-10(15)4-18-5-11(16)17/h2-3H,4-5H2,1H3,(H,14,15)(H,16,17). The van der Waals surface area contributed by atoms with E-state index < -0.39 is 11.8 Å². The molecular weight excluding hydrogens is 325 g/mol. The highest BCUT2D eigenvalue weighted by molar-refractivity contribution is 9.10. The number of nitrogens with one attached hydrogen (secondary N) is 1. The molecule has 0 aromatic heterocycles. The van der Waals surface area contributed by atoms with Crippen LogP contribution in [0.3, 0.4) is 0 Å². The van der Waals surface area contributed by atoms with Crippen molar-refractivity contribution in [3.8, 4) is 0 Å². The monoisotopic (exact) mass is 335 g/mol. The number of carbonyl (C=O) groups excluding carboxylic acids is 1. The average Bonchev–Trinajstić information content (AvgIpc) is 2.25. The summed E-state index contributed by atoms with van der Waals surface area (Å²) in [5.41, 5.74) is 1.11. The van der Waals surface area contributed by atoms with Crippen molar-refractivity contribution in [1.82, 2.24) is 0 Å². The van der Waals surface area contributed by atoms with Crippen molar-refractivity contribution in [2.45, 2.75) is 6.92 Å². The summed E-state index contributed by atoms with van der Waals surface area (Å²) in [5, 5.41) is 11.0. The molecule has 4 nitrogen and oxygen atoms in total. The molecule has 7 heteroatoms. The summed E-state index contributed by atoms with van der Waals surface area (Å²) in [7, 11) is 0. The van der Waals surface area contributed by atoms with E-state index in [-0.39, 0.29) is 17.4 Å². The van der Waals surface area contributed by atoms with Crippen molar-refractivity contribution in [2.24, 2.45) is 0 Å². The lowest BCUT2D eigenvalue weighted by Gasteiger charge is -2.09. The van der Waals surface area contributed by atoms with E-state index in [0.29, 0.717) is 10.2 Å². The van der Waals surface area contributed by atoms with Crippen LogP contribution in [-0.2, 0) is 9.59 Å². The third-order valence-corrected chi connectivity index (χ3v) is 3.53. The van der Waals surface area contributed by atoms with E-state index in [2.05, 4.69) is 21.2 Å². The first-order valence-electron chi connectivity index (χ1n) is 4.95. The van der Waals surface area contributed by atoms with Crippen LogP contribution in [0.15, 0.2) is 16.6 Å². The summed E-state index contributed by atoms with van der Waals surface area (Å²) < 4.78 is 13.6. The fourth-order valence-electron chi connectivity index (χ4n) is 1.20. The molecule has 98 valence electrons. The lowest BCUT2D eigenvalue weighted by Crippen LogP contribution is -2.16. The molecule has 18 heavy (non-hydrogen) atoms. The van der Waals surface area contributed by atoms with Crippen molar-refractivity contribution in [3.05, 3.63) is 28.0 Å². The van der Waals surface area contributed by atoms with Gasteiger partial charge in [0.05, 0.1) is 16.0 Å². The SMILES string of the molecule is Cc1cc(Br)c(F)cc1NC(=O)CSCC(=O)O. The maximum Gasteiger partial charge on any atom is 0.313 e. The first-order valence-corrected chi connectivity index (χ1v) is 6.90. The number of carboxylic acids is 1. The van der Waals surface area contributed by atoms with Gasteiger partial charge in [-0.15, -0.1) is 11.8 Å². The zero-order chi connectivity index (χ0) is 13.7. The molecule has 0 atom stereocenters. The Morgan fingerprint density at radius 3 is 2.72 bits per heavy atom. The molecule has 0 aliphatic heterocycles. The van der Waals surface area contributed by atoms with Gasteiger partial charge in [-0.1, -0.05) is 0 Å². The highest BCUT2D eigenvalue weighted by atomic mass is 79.9. The molecular formula is C11H11BrFNO3S. The van der Waals surface area contributed by atoms with Crippen molar-refractivity contribution in [1.29, 1.82) is 0 Å². The number of carboxylic acid groups (broad SMARTS) is 1. The second-order valence-electron chi connectivity index (χ2n) is 3.52. The van der Waals surface area contributed by atoms with E-state index in [1.54, 1.807) is 13.0 Å².